The van der Waals surface area contributed by atoms with Crippen LogP contribution in [0.3, 0.4) is 0 Å². The fourth-order valence-electron chi connectivity index (χ4n) is 2.00. The number of halogens is 2. The first kappa shape index (κ1) is 15.7. The number of benzene rings is 1. The van der Waals surface area contributed by atoms with Crippen LogP contribution < -0.4 is 15.0 Å². The lowest BCUT2D eigenvalue weighted by Crippen LogP contribution is -2.13. The molecule has 1 heterocycles. The summed E-state index contributed by atoms with van der Waals surface area (Å²) in [5.41, 5.74) is 2.72. The lowest BCUT2D eigenvalue weighted by atomic mass is 10.2. The minimum Gasteiger partial charge on any atom is -0.479 e. The summed E-state index contributed by atoms with van der Waals surface area (Å²) in [4.78, 5) is 6.21. The molecule has 0 amide bonds. The Morgan fingerprint density at radius 3 is 2.67 bits per heavy atom. The van der Waals surface area contributed by atoms with E-state index in [-0.39, 0.29) is 0 Å². The van der Waals surface area contributed by atoms with Gasteiger partial charge in [-0.05, 0) is 17.7 Å². The predicted molar refractivity (Wildman–Crippen MR) is 88.9 cm³/mol. The summed E-state index contributed by atoms with van der Waals surface area (Å²) in [6.45, 7) is 0.530. The van der Waals surface area contributed by atoms with Crippen LogP contribution in [0.15, 0.2) is 30.5 Å². The third kappa shape index (κ3) is 3.52. The molecule has 6 heteroatoms. The van der Waals surface area contributed by atoms with Crippen molar-refractivity contribution in [2.24, 2.45) is 0 Å². The highest BCUT2D eigenvalue weighted by molar-refractivity contribution is 6.42. The van der Waals surface area contributed by atoms with Crippen molar-refractivity contribution in [3.05, 3.63) is 46.1 Å². The molecule has 0 bridgehead atoms. The quantitative estimate of drug-likeness (QED) is 0.898. The summed E-state index contributed by atoms with van der Waals surface area (Å²) >= 11 is 12.2. The van der Waals surface area contributed by atoms with Gasteiger partial charge in [0.15, 0.2) is 0 Å². The lowest BCUT2D eigenvalue weighted by Gasteiger charge is -2.20. The Labute approximate surface area is 134 Å². The molecule has 21 heavy (non-hydrogen) atoms. The van der Waals surface area contributed by atoms with Crippen molar-refractivity contribution in [2.45, 2.75) is 6.54 Å². The van der Waals surface area contributed by atoms with Crippen LogP contribution in [-0.4, -0.2) is 26.2 Å². The van der Waals surface area contributed by atoms with Gasteiger partial charge in [-0.25, -0.2) is 4.98 Å². The van der Waals surface area contributed by atoms with Crippen LogP contribution in [0.25, 0.3) is 0 Å². The van der Waals surface area contributed by atoms with E-state index >= 15 is 0 Å². The zero-order valence-electron chi connectivity index (χ0n) is 12.2. The van der Waals surface area contributed by atoms with Crippen molar-refractivity contribution in [3.8, 4) is 5.88 Å². The van der Waals surface area contributed by atoms with Crippen LogP contribution in [0.1, 0.15) is 5.56 Å². The van der Waals surface area contributed by atoms with Crippen LogP contribution in [0.5, 0.6) is 5.88 Å². The number of pyridine rings is 1. The van der Waals surface area contributed by atoms with Crippen LogP contribution >= 0.6 is 23.2 Å². The molecule has 2 rings (SSSR count). The number of hydrogen-bond acceptors (Lipinski definition) is 4. The largest absolute Gasteiger partial charge is 0.479 e. The maximum absolute atomic E-state index is 6.21. The molecule has 0 atom stereocenters. The van der Waals surface area contributed by atoms with E-state index in [1.807, 2.05) is 37.2 Å². The van der Waals surface area contributed by atoms with Gasteiger partial charge in [0, 0.05) is 26.8 Å². The maximum atomic E-state index is 6.21. The Bertz CT molecular complexity index is 632. The number of ether oxygens (including phenoxy) is 1. The molecular weight excluding hydrogens is 309 g/mol. The third-order valence-electron chi connectivity index (χ3n) is 3.06. The van der Waals surface area contributed by atoms with Crippen molar-refractivity contribution < 1.29 is 4.74 Å². The van der Waals surface area contributed by atoms with Gasteiger partial charge in [0.2, 0.25) is 5.88 Å². The van der Waals surface area contributed by atoms with E-state index in [1.54, 1.807) is 19.4 Å². The fourth-order valence-corrected chi connectivity index (χ4v) is 2.38. The number of rotatable bonds is 5. The molecule has 0 saturated heterocycles. The monoisotopic (exact) mass is 325 g/mol. The van der Waals surface area contributed by atoms with Crippen molar-refractivity contribution in [1.82, 2.24) is 4.98 Å². The van der Waals surface area contributed by atoms with Crippen molar-refractivity contribution >= 4 is 34.6 Å². The number of aromatic nitrogens is 1. The van der Waals surface area contributed by atoms with Crippen LogP contribution in [0.2, 0.25) is 10.0 Å². The van der Waals surface area contributed by atoms with E-state index in [0.717, 1.165) is 16.9 Å². The first-order valence-electron chi connectivity index (χ1n) is 6.41. The standard InChI is InChI=1S/C15H17Cl2N3O/c1-20(2)12-7-8-18-15(21-3)14(12)19-9-10-5-4-6-11(16)13(10)17/h4-8,19H,9H2,1-3H3. The van der Waals surface area contributed by atoms with Crippen molar-refractivity contribution in [2.75, 3.05) is 31.4 Å². The minimum absolute atomic E-state index is 0.530. The smallest absolute Gasteiger partial charge is 0.239 e. The average Bonchev–Trinajstić information content (AvgIpc) is 2.48. The Balaban J connectivity index is 2.29. The fraction of sp³-hybridized carbons (Fsp3) is 0.267. The normalized spacial score (nSPS) is 10.3. The van der Waals surface area contributed by atoms with Gasteiger partial charge in [0.05, 0.1) is 22.8 Å². The van der Waals surface area contributed by atoms with Gasteiger partial charge in [-0.3, -0.25) is 0 Å². The third-order valence-corrected chi connectivity index (χ3v) is 3.91. The minimum atomic E-state index is 0.530. The van der Waals surface area contributed by atoms with Crippen LogP contribution in [-0.2, 0) is 6.54 Å². The Hall–Kier alpha value is -1.65. The summed E-state index contributed by atoms with van der Waals surface area (Å²) in [6, 6.07) is 7.49. The first-order valence-corrected chi connectivity index (χ1v) is 7.17. The van der Waals surface area contributed by atoms with Crippen LogP contribution in [0.4, 0.5) is 11.4 Å². The molecule has 2 aromatic rings. The molecule has 0 spiro atoms. The predicted octanol–water partition coefficient (Wildman–Crippen LogP) is 4.08. The van der Waals surface area contributed by atoms with Gasteiger partial charge in [0.25, 0.3) is 0 Å². The molecule has 1 aromatic heterocycles. The number of methoxy groups -OCH3 is 1. The topological polar surface area (TPSA) is 37.4 Å². The number of hydrogen-bond donors (Lipinski definition) is 1. The second-order valence-electron chi connectivity index (χ2n) is 4.68. The molecule has 112 valence electrons. The van der Waals surface area contributed by atoms with Crippen molar-refractivity contribution in [3.63, 3.8) is 0 Å². The number of nitrogens with zero attached hydrogens (tertiary/aromatic N) is 2. The molecule has 0 aliphatic heterocycles. The molecule has 0 fully saturated rings. The average molecular weight is 326 g/mol. The highest BCUT2D eigenvalue weighted by Crippen LogP contribution is 2.33. The van der Waals surface area contributed by atoms with Crippen molar-refractivity contribution in [1.29, 1.82) is 0 Å². The molecule has 1 N–H and O–H groups in total. The molecule has 0 unspecified atom stereocenters. The molecule has 0 saturated carbocycles. The van der Waals surface area contributed by atoms with E-state index in [0.29, 0.717) is 22.5 Å². The summed E-state index contributed by atoms with van der Waals surface area (Å²) < 4.78 is 5.32. The van der Waals surface area contributed by atoms with Gasteiger partial charge in [-0.15, -0.1) is 0 Å². The molecule has 0 aliphatic rings. The molecular formula is C15H17Cl2N3O. The summed E-state index contributed by atoms with van der Waals surface area (Å²) in [5, 5.41) is 4.43. The van der Waals surface area contributed by atoms with Gasteiger partial charge >= 0.3 is 0 Å². The second-order valence-corrected chi connectivity index (χ2v) is 5.46. The van der Waals surface area contributed by atoms with E-state index < -0.39 is 0 Å². The second kappa shape index (κ2) is 6.87. The van der Waals surface area contributed by atoms with E-state index in [1.165, 1.54) is 0 Å². The van der Waals surface area contributed by atoms with E-state index in [2.05, 4.69) is 10.3 Å². The zero-order chi connectivity index (χ0) is 15.4. The van der Waals surface area contributed by atoms with E-state index in [9.17, 15) is 0 Å². The number of nitrogens with one attached hydrogen (secondary N) is 1. The summed E-state index contributed by atoms with van der Waals surface area (Å²) in [6.07, 6.45) is 1.71. The van der Waals surface area contributed by atoms with Gasteiger partial charge in [-0.2, -0.15) is 0 Å². The highest BCUT2D eigenvalue weighted by atomic mass is 35.5. The number of anilines is 2. The molecule has 4 nitrogen and oxygen atoms in total. The lowest BCUT2D eigenvalue weighted by molar-refractivity contribution is 0.400. The van der Waals surface area contributed by atoms with Gasteiger partial charge < -0.3 is 15.0 Å². The Morgan fingerprint density at radius 1 is 1.24 bits per heavy atom. The SMILES string of the molecule is COc1nccc(N(C)C)c1NCc1cccc(Cl)c1Cl. The van der Waals surface area contributed by atoms with Crippen LogP contribution in [0, 0.1) is 0 Å². The Morgan fingerprint density at radius 2 is 2.00 bits per heavy atom. The highest BCUT2D eigenvalue weighted by Gasteiger charge is 2.13. The van der Waals surface area contributed by atoms with Gasteiger partial charge in [0.1, 0.15) is 5.69 Å². The molecule has 1 aromatic carbocycles. The molecule has 0 radical (unpaired) electrons. The zero-order valence-corrected chi connectivity index (χ0v) is 13.7. The first-order chi connectivity index (χ1) is 10.0. The maximum Gasteiger partial charge on any atom is 0.239 e. The Kier molecular flexibility index (Phi) is 5.15. The van der Waals surface area contributed by atoms with Gasteiger partial charge in [-0.1, -0.05) is 35.3 Å². The summed E-state index contributed by atoms with van der Waals surface area (Å²) in [5.74, 6) is 0.541. The summed E-state index contributed by atoms with van der Waals surface area (Å²) in [7, 11) is 5.53. The van der Waals surface area contributed by atoms with E-state index in [4.69, 9.17) is 27.9 Å². The molecule has 0 aliphatic carbocycles.